The second-order valence-electron chi connectivity index (χ2n) is 4.91. The van der Waals surface area contributed by atoms with Gasteiger partial charge in [-0.25, -0.2) is 17.2 Å². The van der Waals surface area contributed by atoms with E-state index in [1.165, 1.54) is 12.1 Å². The molecule has 0 aliphatic rings. The van der Waals surface area contributed by atoms with Crippen LogP contribution in [0.1, 0.15) is 0 Å². The molecule has 0 bridgehead atoms. The van der Waals surface area contributed by atoms with Crippen LogP contribution in [-0.2, 0) is 10.1 Å². The van der Waals surface area contributed by atoms with E-state index in [1.54, 1.807) is 30.3 Å². The van der Waals surface area contributed by atoms with E-state index in [0.717, 1.165) is 12.1 Å². The molecule has 0 N–H and O–H groups in total. The lowest BCUT2D eigenvalue weighted by Gasteiger charge is -2.33. The minimum Gasteiger partial charge on any atom is -0.743 e. The molecule has 0 heterocycles. The first-order valence-electron chi connectivity index (χ1n) is 6.64. The molecule has 0 fully saturated rings. The van der Waals surface area contributed by atoms with Gasteiger partial charge in [0.15, 0.2) is 10.1 Å². The highest BCUT2D eigenvalue weighted by molar-refractivity contribution is 7.86. The van der Waals surface area contributed by atoms with E-state index in [9.17, 15) is 34.9 Å². The fourth-order valence-corrected chi connectivity index (χ4v) is 2.39. The third-order valence-corrected chi connectivity index (χ3v) is 4.13. The van der Waals surface area contributed by atoms with E-state index in [0.29, 0.717) is 11.1 Å². The Morgan fingerprint density at radius 1 is 0.880 bits per heavy atom. The van der Waals surface area contributed by atoms with E-state index < -0.39 is 33.4 Å². The second kappa shape index (κ2) is 6.60. The smallest absolute Gasteiger partial charge is 0.408 e. The number of halogens is 5. The molecule has 0 aliphatic carbocycles. The third kappa shape index (κ3) is 3.59. The minimum absolute atomic E-state index is 0.540. The van der Waals surface area contributed by atoms with Gasteiger partial charge in [-0.2, -0.15) is 13.2 Å². The number of hydrogen-bond donors (Lipinski definition) is 0. The molecule has 136 valence electrons. The molecule has 0 spiro atoms. The first kappa shape index (κ1) is 19.1. The molecule has 10 heteroatoms. The van der Waals surface area contributed by atoms with Gasteiger partial charge < -0.3 is 9.29 Å². The van der Waals surface area contributed by atoms with Crippen molar-refractivity contribution in [2.24, 2.45) is 0 Å². The van der Waals surface area contributed by atoms with E-state index in [-0.39, 0.29) is 0 Å². The van der Waals surface area contributed by atoms with Crippen LogP contribution < -0.4 is 4.74 Å². The molecule has 0 amide bonds. The number of benzene rings is 2. The van der Waals surface area contributed by atoms with Crippen molar-refractivity contribution in [1.82, 2.24) is 0 Å². The van der Waals surface area contributed by atoms with Crippen LogP contribution in [-0.4, -0.2) is 30.5 Å². The van der Waals surface area contributed by atoms with Crippen molar-refractivity contribution in [3.63, 3.8) is 0 Å². The maximum atomic E-state index is 14.0. The van der Waals surface area contributed by atoms with Gasteiger partial charge in [-0.15, -0.1) is 0 Å². The zero-order valence-electron chi connectivity index (χ0n) is 12.2. The Hall–Kier alpha value is -2.20. The Labute approximate surface area is 139 Å². The van der Waals surface area contributed by atoms with Crippen molar-refractivity contribution in [2.75, 3.05) is 0 Å². The Kier molecular flexibility index (Phi) is 5.05. The summed E-state index contributed by atoms with van der Waals surface area (Å²) in [7, 11) is -6.74. The lowest BCUT2D eigenvalue weighted by molar-refractivity contribution is -0.255. The van der Waals surface area contributed by atoms with E-state index >= 15 is 0 Å². The van der Waals surface area contributed by atoms with Crippen LogP contribution in [0.2, 0.25) is 0 Å². The molecule has 2 aromatic carbocycles. The molecule has 0 aliphatic heterocycles. The quantitative estimate of drug-likeness (QED) is 0.564. The summed E-state index contributed by atoms with van der Waals surface area (Å²) < 4.78 is 102. The van der Waals surface area contributed by atoms with Gasteiger partial charge in [0.05, 0.1) is 0 Å². The minimum atomic E-state index is -6.74. The van der Waals surface area contributed by atoms with Gasteiger partial charge in [0.1, 0.15) is 5.75 Å². The fourth-order valence-electron chi connectivity index (χ4n) is 1.92. The Bertz CT molecular complexity index is 825. The maximum Gasteiger partial charge on any atom is 0.408 e. The second-order valence-corrected chi connectivity index (χ2v) is 6.33. The predicted octanol–water partition coefficient (Wildman–Crippen LogP) is 3.80. The number of rotatable bonds is 6. The van der Waals surface area contributed by atoms with Crippen LogP contribution in [0.25, 0.3) is 11.1 Å². The topological polar surface area (TPSA) is 66.4 Å². The lowest BCUT2D eigenvalue weighted by Crippen LogP contribution is -2.58. The molecule has 1 unspecified atom stereocenters. The number of hydrogen-bond acceptors (Lipinski definition) is 4. The van der Waals surface area contributed by atoms with Crippen LogP contribution in [0, 0.1) is 0 Å². The summed E-state index contributed by atoms with van der Waals surface area (Å²) >= 11 is 0. The molecule has 0 radical (unpaired) electrons. The van der Waals surface area contributed by atoms with Crippen molar-refractivity contribution in [3.8, 4) is 16.9 Å². The third-order valence-electron chi connectivity index (χ3n) is 3.22. The largest absolute Gasteiger partial charge is 0.743 e. The van der Waals surface area contributed by atoms with Crippen LogP contribution in [0.15, 0.2) is 54.6 Å². The average Bonchev–Trinajstić information content (AvgIpc) is 2.55. The molecule has 4 nitrogen and oxygen atoms in total. The zero-order chi connectivity index (χ0) is 18.9. The summed E-state index contributed by atoms with van der Waals surface area (Å²) in [4.78, 5) is 0. The summed E-state index contributed by atoms with van der Waals surface area (Å²) in [5, 5.41) is -5.99. The van der Waals surface area contributed by atoms with Gasteiger partial charge >= 0.3 is 17.5 Å². The maximum absolute atomic E-state index is 14.0. The average molecular weight is 381 g/mol. The van der Waals surface area contributed by atoms with E-state index in [2.05, 4.69) is 4.74 Å². The summed E-state index contributed by atoms with van der Waals surface area (Å²) in [5.74, 6) is -6.13. The Morgan fingerprint density at radius 3 is 1.80 bits per heavy atom. The Balaban J connectivity index is 2.35. The van der Waals surface area contributed by atoms with Crippen molar-refractivity contribution >= 4 is 10.1 Å². The van der Waals surface area contributed by atoms with Gasteiger partial charge in [-0.1, -0.05) is 42.5 Å². The van der Waals surface area contributed by atoms with Gasteiger partial charge in [-0.3, -0.25) is 0 Å². The van der Waals surface area contributed by atoms with Crippen molar-refractivity contribution in [1.29, 1.82) is 0 Å². The molecule has 25 heavy (non-hydrogen) atoms. The van der Waals surface area contributed by atoms with Crippen LogP contribution in [0.5, 0.6) is 5.75 Å². The highest BCUT2D eigenvalue weighted by Gasteiger charge is 2.69. The SMILES string of the molecule is O=S(=O)([O-])C(F)(F)C(F)(Oc1ccc(-c2ccccc2)cc1)C(F)F. The summed E-state index contributed by atoms with van der Waals surface area (Å²) in [6.07, 6.45) is -4.60. The normalized spacial score (nSPS) is 15.0. The molecular weight excluding hydrogens is 371 g/mol. The highest BCUT2D eigenvalue weighted by Crippen LogP contribution is 2.42. The molecular formula is C15H10F5O4S-. The summed E-state index contributed by atoms with van der Waals surface area (Å²) in [6.45, 7) is 0. The summed E-state index contributed by atoms with van der Waals surface area (Å²) in [5.41, 5.74) is 1.24. The van der Waals surface area contributed by atoms with Gasteiger partial charge in [-0.05, 0) is 23.3 Å². The summed E-state index contributed by atoms with van der Waals surface area (Å²) in [6, 6.07) is 12.9. The van der Waals surface area contributed by atoms with Gasteiger partial charge in [0.2, 0.25) is 0 Å². The first-order chi connectivity index (χ1) is 11.5. The monoisotopic (exact) mass is 381 g/mol. The van der Waals surface area contributed by atoms with Crippen molar-refractivity contribution in [3.05, 3.63) is 54.6 Å². The molecule has 2 aromatic rings. The van der Waals surface area contributed by atoms with E-state index in [4.69, 9.17) is 0 Å². The van der Waals surface area contributed by atoms with Crippen LogP contribution >= 0.6 is 0 Å². The highest BCUT2D eigenvalue weighted by atomic mass is 32.2. The van der Waals surface area contributed by atoms with Gasteiger partial charge in [0, 0.05) is 0 Å². The van der Waals surface area contributed by atoms with Crippen molar-refractivity contribution in [2.45, 2.75) is 17.5 Å². The first-order valence-corrected chi connectivity index (χ1v) is 8.04. The standard InChI is InChI=1S/C15H11F5O4S/c16-13(17)14(18,15(19,20)25(21,22)23)24-12-8-6-11(7-9-12)10-4-2-1-3-5-10/h1-9,13H,(H,21,22,23)/p-1. The zero-order valence-corrected chi connectivity index (χ0v) is 13.0. The van der Waals surface area contributed by atoms with Crippen LogP contribution in [0.4, 0.5) is 22.0 Å². The Morgan fingerprint density at radius 2 is 1.36 bits per heavy atom. The lowest BCUT2D eigenvalue weighted by atomic mass is 10.1. The molecule has 1 atom stereocenters. The van der Waals surface area contributed by atoms with Gasteiger partial charge in [0.25, 0.3) is 0 Å². The molecule has 0 aromatic heterocycles. The molecule has 0 saturated carbocycles. The van der Waals surface area contributed by atoms with E-state index in [1.807, 2.05) is 0 Å². The number of ether oxygens (including phenoxy) is 1. The van der Waals surface area contributed by atoms with Crippen molar-refractivity contribution < 1.29 is 39.7 Å². The fraction of sp³-hybridized carbons (Fsp3) is 0.200. The van der Waals surface area contributed by atoms with Crippen LogP contribution in [0.3, 0.4) is 0 Å². The molecule has 0 saturated heterocycles. The molecule has 2 rings (SSSR count). The number of alkyl halides is 5. The predicted molar refractivity (Wildman–Crippen MR) is 77.0 cm³/mol.